The summed E-state index contributed by atoms with van der Waals surface area (Å²) in [6, 6.07) is 5.32. The Kier molecular flexibility index (Phi) is 3.98. The number of carbonyl (C=O) groups is 1. The van der Waals surface area contributed by atoms with E-state index in [-0.39, 0.29) is 5.91 Å². The minimum Gasteiger partial charge on any atom is -0.496 e. The highest BCUT2D eigenvalue weighted by Gasteiger charge is 2.30. The molecule has 2 rings (SSSR count). The molecule has 1 fully saturated rings. The summed E-state index contributed by atoms with van der Waals surface area (Å²) in [5.74, 6) is 1.73. The molecule has 1 heterocycles. The van der Waals surface area contributed by atoms with Gasteiger partial charge in [0.2, 0.25) is 0 Å². The minimum atomic E-state index is -0.0156. The Balaban J connectivity index is 2.21. The average molecular weight is 262 g/mol. The van der Waals surface area contributed by atoms with Crippen LogP contribution in [-0.2, 0) is 0 Å². The molecule has 0 bridgehead atoms. The Morgan fingerprint density at radius 1 is 1.47 bits per heavy atom. The predicted molar refractivity (Wildman–Crippen MR) is 76.3 cm³/mol. The van der Waals surface area contributed by atoms with Gasteiger partial charge in [-0.05, 0) is 30.4 Å². The molecule has 1 saturated heterocycles. The second kappa shape index (κ2) is 5.51. The number of nitrogens with zero attached hydrogens (tertiary/aromatic N) is 1. The van der Waals surface area contributed by atoms with Crippen molar-refractivity contribution in [1.82, 2.24) is 4.90 Å². The van der Waals surface area contributed by atoms with Crippen molar-refractivity contribution >= 4 is 11.6 Å². The smallest absolute Gasteiger partial charge is 0.259 e. The Bertz CT molecular complexity index is 471. The summed E-state index contributed by atoms with van der Waals surface area (Å²) < 4.78 is 5.25. The first-order valence-electron chi connectivity index (χ1n) is 6.76. The summed E-state index contributed by atoms with van der Waals surface area (Å²) in [5.41, 5.74) is 6.91. The molecule has 4 heteroatoms. The van der Waals surface area contributed by atoms with E-state index < -0.39 is 0 Å². The lowest BCUT2D eigenvalue weighted by Crippen LogP contribution is -2.30. The predicted octanol–water partition coefficient (Wildman–Crippen LogP) is 2.40. The van der Waals surface area contributed by atoms with Crippen LogP contribution in [0.25, 0.3) is 0 Å². The van der Waals surface area contributed by atoms with E-state index in [4.69, 9.17) is 10.5 Å². The first kappa shape index (κ1) is 13.7. The number of nitrogen functional groups attached to an aromatic ring is 1. The fraction of sp³-hybridized carbons (Fsp3) is 0.533. The van der Waals surface area contributed by atoms with Gasteiger partial charge in [-0.1, -0.05) is 19.9 Å². The van der Waals surface area contributed by atoms with Crippen LogP contribution in [0, 0.1) is 11.8 Å². The molecule has 19 heavy (non-hydrogen) atoms. The molecular formula is C15H22N2O2. The maximum atomic E-state index is 12.6. The van der Waals surface area contributed by atoms with Crippen LogP contribution in [0.2, 0.25) is 0 Å². The molecule has 1 amide bonds. The van der Waals surface area contributed by atoms with Crippen LogP contribution >= 0.6 is 0 Å². The Morgan fingerprint density at radius 2 is 2.21 bits per heavy atom. The number of rotatable bonds is 3. The normalized spacial score (nSPS) is 18.9. The number of carbonyl (C=O) groups excluding carboxylic acids is 1. The number of ether oxygens (including phenoxy) is 1. The Morgan fingerprint density at radius 3 is 2.79 bits per heavy atom. The van der Waals surface area contributed by atoms with Crippen LogP contribution < -0.4 is 10.5 Å². The van der Waals surface area contributed by atoms with E-state index in [1.165, 1.54) is 0 Å². The highest BCUT2D eigenvalue weighted by atomic mass is 16.5. The fourth-order valence-corrected chi connectivity index (χ4v) is 2.62. The van der Waals surface area contributed by atoms with Gasteiger partial charge in [-0.15, -0.1) is 0 Å². The molecule has 0 spiro atoms. The molecular weight excluding hydrogens is 240 g/mol. The Labute approximate surface area is 114 Å². The number of methoxy groups -OCH3 is 1. The maximum absolute atomic E-state index is 12.6. The lowest BCUT2D eigenvalue weighted by molar-refractivity contribution is 0.0782. The summed E-state index contributed by atoms with van der Waals surface area (Å²) in [5, 5.41) is 0. The third kappa shape index (κ3) is 2.67. The monoisotopic (exact) mass is 262 g/mol. The lowest BCUT2D eigenvalue weighted by atomic mass is 9.95. The SMILES string of the molecule is COc1cccc(N)c1C(=O)N1CCC(C(C)C)C1. The molecule has 0 radical (unpaired) electrons. The van der Waals surface area contributed by atoms with E-state index in [9.17, 15) is 4.79 Å². The van der Waals surface area contributed by atoms with Crippen LogP contribution in [-0.4, -0.2) is 31.0 Å². The van der Waals surface area contributed by atoms with Crippen molar-refractivity contribution in [3.63, 3.8) is 0 Å². The summed E-state index contributed by atoms with van der Waals surface area (Å²) in [4.78, 5) is 14.5. The Hall–Kier alpha value is -1.71. The first-order chi connectivity index (χ1) is 9.04. The van der Waals surface area contributed by atoms with Crippen molar-refractivity contribution < 1.29 is 9.53 Å². The molecule has 2 N–H and O–H groups in total. The molecule has 0 aliphatic carbocycles. The van der Waals surface area contributed by atoms with E-state index in [2.05, 4.69) is 13.8 Å². The standard InChI is InChI=1S/C15H22N2O2/c1-10(2)11-7-8-17(9-11)15(18)14-12(16)5-4-6-13(14)19-3/h4-6,10-11H,7-9,16H2,1-3H3. The van der Waals surface area contributed by atoms with Crippen molar-refractivity contribution in [2.45, 2.75) is 20.3 Å². The van der Waals surface area contributed by atoms with Crippen molar-refractivity contribution in [3.8, 4) is 5.75 Å². The second-order valence-corrected chi connectivity index (χ2v) is 5.47. The largest absolute Gasteiger partial charge is 0.496 e. The molecule has 0 aromatic heterocycles. The number of benzene rings is 1. The maximum Gasteiger partial charge on any atom is 0.259 e. The molecule has 4 nitrogen and oxygen atoms in total. The van der Waals surface area contributed by atoms with Crippen LogP contribution in [0.5, 0.6) is 5.75 Å². The van der Waals surface area contributed by atoms with Crippen LogP contribution in [0.4, 0.5) is 5.69 Å². The van der Waals surface area contributed by atoms with Gasteiger partial charge in [0.05, 0.1) is 7.11 Å². The zero-order chi connectivity index (χ0) is 14.0. The van der Waals surface area contributed by atoms with E-state index >= 15 is 0 Å². The molecule has 1 aromatic carbocycles. The number of hydrogen-bond donors (Lipinski definition) is 1. The van der Waals surface area contributed by atoms with Gasteiger partial charge in [-0.2, -0.15) is 0 Å². The first-order valence-corrected chi connectivity index (χ1v) is 6.76. The van der Waals surface area contributed by atoms with E-state index in [0.717, 1.165) is 19.5 Å². The molecule has 104 valence electrons. The van der Waals surface area contributed by atoms with E-state index in [0.29, 0.717) is 28.8 Å². The topological polar surface area (TPSA) is 55.6 Å². The van der Waals surface area contributed by atoms with Gasteiger partial charge in [0.25, 0.3) is 5.91 Å². The van der Waals surface area contributed by atoms with Crippen molar-refractivity contribution in [2.75, 3.05) is 25.9 Å². The number of amides is 1. The second-order valence-electron chi connectivity index (χ2n) is 5.47. The summed E-state index contributed by atoms with van der Waals surface area (Å²) in [6.45, 7) is 6.03. The van der Waals surface area contributed by atoms with Gasteiger partial charge < -0.3 is 15.4 Å². The summed E-state index contributed by atoms with van der Waals surface area (Å²) in [6.07, 6.45) is 1.07. The zero-order valence-electron chi connectivity index (χ0n) is 11.8. The van der Waals surface area contributed by atoms with Crippen molar-refractivity contribution in [1.29, 1.82) is 0 Å². The van der Waals surface area contributed by atoms with Crippen molar-refractivity contribution in [2.24, 2.45) is 11.8 Å². The number of nitrogens with two attached hydrogens (primary N) is 1. The minimum absolute atomic E-state index is 0.0156. The van der Waals surface area contributed by atoms with Gasteiger partial charge in [-0.3, -0.25) is 4.79 Å². The number of anilines is 1. The highest BCUT2D eigenvalue weighted by molar-refractivity contribution is 6.02. The zero-order valence-corrected chi connectivity index (χ0v) is 11.8. The quantitative estimate of drug-likeness (QED) is 0.851. The van der Waals surface area contributed by atoms with Crippen LogP contribution in [0.3, 0.4) is 0 Å². The van der Waals surface area contributed by atoms with Crippen LogP contribution in [0.15, 0.2) is 18.2 Å². The number of likely N-dealkylation sites (tertiary alicyclic amines) is 1. The van der Waals surface area contributed by atoms with Gasteiger partial charge in [0.15, 0.2) is 0 Å². The van der Waals surface area contributed by atoms with Gasteiger partial charge >= 0.3 is 0 Å². The van der Waals surface area contributed by atoms with Gasteiger partial charge in [0, 0.05) is 18.8 Å². The third-order valence-corrected chi connectivity index (χ3v) is 3.95. The van der Waals surface area contributed by atoms with Crippen LogP contribution in [0.1, 0.15) is 30.6 Å². The van der Waals surface area contributed by atoms with Crippen molar-refractivity contribution in [3.05, 3.63) is 23.8 Å². The van der Waals surface area contributed by atoms with E-state index in [1.54, 1.807) is 25.3 Å². The van der Waals surface area contributed by atoms with Gasteiger partial charge in [-0.25, -0.2) is 0 Å². The molecule has 0 saturated carbocycles. The molecule has 1 aromatic rings. The molecule has 1 atom stereocenters. The third-order valence-electron chi connectivity index (χ3n) is 3.95. The highest BCUT2D eigenvalue weighted by Crippen LogP contribution is 2.30. The lowest BCUT2D eigenvalue weighted by Gasteiger charge is -2.20. The van der Waals surface area contributed by atoms with Gasteiger partial charge in [0.1, 0.15) is 11.3 Å². The summed E-state index contributed by atoms with van der Waals surface area (Å²) in [7, 11) is 1.56. The molecule has 1 unspecified atom stereocenters. The molecule has 1 aliphatic rings. The average Bonchev–Trinajstić information content (AvgIpc) is 2.87. The fourth-order valence-electron chi connectivity index (χ4n) is 2.62. The summed E-state index contributed by atoms with van der Waals surface area (Å²) >= 11 is 0. The number of hydrogen-bond acceptors (Lipinski definition) is 3. The van der Waals surface area contributed by atoms with E-state index in [1.807, 2.05) is 4.90 Å². The molecule has 1 aliphatic heterocycles.